The van der Waals surface area contributed by atoms with E-state index in [0.717, 1.165) is 12.8 Å². The van der Waals surface area contributed by atoms with Crippen molar-refractivity contribution in [1.82, 2.24) is 0 Å². The minimum absolute atomic E-state index is 1.10. The first-order valence-corrected chi connectivity index (χ1v) is 5.06. The lowest BCUT2D eigenvalue weighted by Crippen LogP contribution is -1.77. The second kappa shape index (κ2) is 7.85. The summed E-state index contributed by atoms with van der Waals surface area (Å²) in [4.78, 5) is 0. The van der Waals surface area contributed by atoms with Crippen LogP contribution in [0.4, 0.5) is 0 Å². The van der Waals surface area contributed by atoms with Crippen molar-refractivity contribution in [1.29, 1.82) is 0 Å². The predicted molar refractivity (Wildman–Crippen MR) is 61.9 cm³/mol. The fraction of sp³-hybridized carbons (Fsp3) is 0.538. The van der Waals surface area contributed by atoms with Gasteiger partial charge in [-0.2, -0.15) is 0 Å². The minimum atomic E-state index is 1.10. The van der Waals surface area contributed by atoms with Crippen LogP contribution in [-0.4, -0.2) is 0 Å². The first kappa shape index (κ1) is 12.2. The van der Waals surface area contributed by atoms with Gasteiger partial charge < -0.3 is 0 Å². The molecule has 0 amide bonds. The Labute approximate surface area is 83.0 Å². The standard InChI is InChI=1S/C13H22/c1-5-6-7-10-13(4)11-8-9-12(2)3/h5,9-10H,1,6-8,11H2,2-4H3. The molecule has 0 aliphatic carbocycles. The lowest BCUT2D eigenvalue weighted by atomic mass is 10.1. The van der Waals surface area contributed by atoms with Crippen molar-refractivity contribution in [2.24, 2.45) is 0 Å². The van der Waals surface area contributed by atoms with Crippen molar-refractivity contribution < 1.29 is 0 Å². The molecule has 0 heteroatoms. The van der Waals surface area contributed by atoms with E-state index < -0.39 is 0 Å². The molecule has 0 aliphatic rings. The van der Waals surface area contributed by atoms with E-state index in [4.69, 9.17) is 0 Å². The van der Waals surface area contributed by atoms with E-state index in [0.29, 0.717) is 0 Å². The van der Waals surface area contributed by atoms with Gasteiger partial charge in [0.25, 0.3) is 0 Å². The normalized spacial score (nSPS) is 11.2. The average Bonchev–Trinajstić information content (AvgIpc) is 2.04. The molecule has 0 nitrogen and oxygen atoms in total. The summed E-state index contributed by atoms with van der Waals surface area (Å²) >= 11 is 0. The highest BCUT2D eigenvalue weighted by Gasteiger charge is 1.87. The number of unbranched alkanes of at least 4 members (excludes halogenated alkanes) is 1. The highest BCUT2D eigenvalue weighted by Crippen LogP contribution is 2.08. The Balaban J connectivity index is 3.60. The Morgan fingerprint density at radius 1 is 1.00 bits per heavy atom. The minimum Gasteiger partial charge on any atom is -0.103 e. The van der Waals surface area contributed by atoms with Gasteiger partial charge in [-0.05, 0) is 46.5 Å². The van der Waals surface area contributed by atoms with E-state index in [1.165, 1.54) is 24.0 Å². The molecule has 0 N–H and O–H groups in total. The molecule has 0 rings (SSSR count). The van der Waals surface area contributed by atoms with Crippen molar-refractivity contribution in [3.63, 3.8) is 0 Å². The molecule has 0 atom stereocenters. The summed E-state index contributed by atoms with van der Waals surface area (Å²) in [6.07, 6.45) is 11.2. The molecule has 0 saturated heterocycles. The summed E-state index contributed by atoms with van der Waals surface area (Å²) in [6.45, 7) is 10.2. The van der Waals surface area contributed by atoms with Gasteiger partial charge in [-0.3, -0.25) is 0 Å². The number of hydrogen-bond acceptors (Lipinski definition) is 0. The Hall–Kier alpha value is -0.780. The average molecular weight is 178 g/mol. The van der Waals surface area contributed by atoms with Crippen LogP contribution in [0.5, 0.6) is 0 Å². The van der Waals surface area contributed by atoms with Crippen LogP contribution in [0.3, 0.4) is 0 Å². The first-order chi connectivity index (χ1) is 6.16. The molecular formula is C13H22. The molecule has 0 aromatic carbocycles. The summed E-state index contributed by atoms with van der Waals surface area (Å²) in [7, 11) is 0. The third kappa shape index (κ3) is 9.13. The van der Waals surface area contributed by atoms with Crippen LogP contribution in [0, 0.1) is 0 Å². The maximum atomic E-state index is 3.70. The monoisotopic (exact) mass is 178 g/mol. The van der Waals surface area contributed by atoms with Crippen molar-refractivity contribution in [2.45, 2.75) is 46.5 Å². The van der Waals surface area contributed by atoms with Crippen molar-refractivity contribution in [3.05, 3.63) is 36.0 Å². The Morgan fingerprint density at radius 3 is 2.23 bits per heavy atom. The van der Waals surface area contributed by atoms with Gasteiger partial charge in [-0.15, -0.1) is 6.58 Å². The van der Waals surface area contributed by atoms with Gasteiger partial charge in [0.15, 0.2) is 0 Å². The quantitative estimate of drug-likeness (QED) is 0.410. The van der Waals surface area contributed by atoms with Crippen LogP contribution in [0.25, 0.3) is 0 Å². The summed E-state index contributed by atoms with van der Waals surface area (Å²) in [6, 6.07) is 0. The van der Waals surface area contributed by atoms with Gasteiger partial charge in [-0.25, -0.2) is 0 Å². The van der Waals surface area contributed by atoms with Crippen molar-refractivity contribution in [3.8, 4) is 0 Å². The molecule has 0 heterocycles. The molecular weight excluding hydrogens is 156 g/mol. The molecule has 0 saturated carbocycles. The van der Waals surface area contributed by atoms with Gasteiger partial charge in [0, 0.05) is 0 Å². The molecule has 0 unspecified atom stereocenters. The lowest BCUT2D eigenvalue weighted by Gasteiger charge is -1.98. The smallest absolute Gasteiger partial charge is 0.0288 e. The predicted octanol–water partition coefficient (Wildman–Crippen LogP) is 4.65. The summed E-state index contributed by atoms with van der Waals surface area (Å²) in [5.74, 6) is 0. The highest BCUT2D eigenvalue weighted by molar-refractivity contribution is 5.02. The van der Waals surface area contributed by atoms with Crippen LogP contribution >= 0.6 is 0 Å². The molecule has 0 aromatic rings. The molecule has 0 aliphatic heterocycles. The fourth-order valence-electron chi connectivity index (χ4n) is 1.14. The van der Waals surface area contributed by atoms with Gasteiger partial charge in [-0.1, -0.05) is 29.4 Å². The van der Waals surface area contributed by atoms with E-state index in [1.807, 2.05) is 6.08 Å². The van der Waals surface area contributed by atoms with Crippen LogP contribution < -0.4 is 0 Å². The number of allylic oxidation sites excluding steroid dienone is 5. The van der Waals surface area contributed by atoms with E-state index in [2.05, 4.69) is 39.5 Å². The SMILES string of the molecule is C=CCCC=C(C)CCC=C(C)C. The van der Waals surface area contributed by atoms with Gasteiger partial charge in [0.1, 0.15) is 0 Å². The third-order valence-electron chi connectivity index (χ3n) is 1.95. The highest BCUT2D eigenvalue weighted by atomic mass is 13.9. The van der Waals surface area contributed by atoms with E-state index >= 15 is 0 Å². The van der Waals surface area contributed by atoms with E-state index in [1.54, 1.807) is 0 Å². The van der Waals surface area contributed by atoms with Gasteiger partial charge >= 0.3 is 0 Å². The lowest BCUT2D eigenvalue weighted by molar-refractivity contribution is 0.937. The number of rotatable bonds is 6. The van der Waals surface area contributed by atoms with Gasteiger partial charge in [0.2, 0.25) is 0 Å². The maximum absolute atomic E-state index is 3.70. The Morgan fingerprint density at radius 2 is 1.69 bits per heavy atom. The van der Waals surface area contributed by atoms with E-state index in [9.17, 15) is 0 Å². The second-order valence-corrected chi connectivity index (χ2v) is 3.74. The van der Waals surface area contributed by atoms with Crippen molar-refractivity contribution in [2.75, 3.05) is 0 Å². The topological polar surface area (TPSA) is 0 Å². The van der Waals surface area contributed by atoms with Gasteiger partial charge in [0.05, 0.1) is 0 Å². The summed E-state index contributed by atoms with van der Waals surface area (Å²) < 4.78 is 0. The zero-order valence-corrected chi connectivity index (χ0v) is 9.27. The van der Waals surface area contributed by atoms with Crippen LogP contribution in [-0.2, 0) is 0 Å². The molecule has 13 heavy (non-hydrogen) atoms. The van der Waals surface area contributed by atoms with Crippen molar-refractivity contribution >= 4 is 0 Å². The first-order valence-electron chi connectivity index (χ1n) is 5.06. The second-order valence-electron chi connectivity index (χ2n) is 3.74. The largest absolute Gasteiger partial charge is 0.103 e. The Bertz CT molecular complexity index is 190. The number of hydrogen-bond donors (Lipinski definition) is 0. The summed E-state index contributed by atoms with van der Waals surface area (Å²) in [5, 5.41) is 0. The zero-order valence-electron chi connectivity index (χ0n) is 9.27. The Kier molecular flexibility index (Phi) is 7.38. The maximum Gasteiger partial charge on any atom is -0.0288 e. The fourth-order valence-corrected chi connectivity index (χ4v) is 1.14. The van der Waals surface area contributed by atoms with Crippen LogP contribution in [0.1, 0.15) is 46.5 Å². The molecule has 0 spiro atoms. The third-order valence-corrected chi connectivity index (χ3v) is 1.95. The molecule has 0 fully saturated rings. The summed E-state index contributed by atoms with van der Waals surface area (Å²) in [5.41, 5.74) is 2.92. The van der Waals surface area contributed by atoms with Crippen LogP contribution in [0.15, 0.2) is 36.0 Å². The zero-order chi connectivity index (χ0) is 10.1. The molecule has 0 radical (unpaired) electrons. The van der Waals surface area contributed by atoms with Crippen LogP contribution in [0.2, 0.25) is 0 Å². The molecule has 74 valence electrons. The molecule has 0 aromatic heterocycles. The molecule has 0 bridgehead atoms. The van der Waals surface area contributed by atoms with E-state index in [-0.39, 0.29) is 0 Å².